The predicted octanol–water partition coefficient (Wildman–Crippen LogP) is 2.51. The van der Waals surface area contributed by atoms with E-state index in [1.165, 1.54) is 5.56 Å². The molecule has 1 saturated heterocycles. The fourth-order valence-electron chi connectivity index (χ4n) is 2.44. The molecule has 1 unspecified atom stereocenters. The van der Waals surface area contributed by atoms with Crippen molar-refractivity contribution in [1.29, 1.82) is 0 Å². The van der Waals surface area contributed by atoms with E-state index in [-0.39, 0.29) is 6.04 Å². The van der Waals surface area contributed by atoms with Crippen LogP contribution in [0.25, 0.3) is 0 Å². The Hall–Kier alpha value is -2.15. The molecule has 2 heterocycles. The highest BCUT2D eigenvalue weighted by Gasteiger charge is 2.20. The van der Waals surface area contributed by atoms with Crippen molar-refractivity contribution < 1.29 is 4.74 Å². The van der Waals surface area contributed by atoms with E-state index >= 15 is 0 Å². The summed E-state index contributed by atoms with van der Waals surface area (Å²) in [7, 11) is 0. The lowest BCUT2D eigenvalue weighted by atomic mass is 10.1. The number of pyridine rings is 1. The Morgan fingerprint density at radius 1 is 1.00 bits per heavy atom. The van der Waals surface area contributed by atoms with Crippen LogP contribution in [0.1, 0.15) is 17.3 Å². The van der Waals surface area contributed by atoms with Gasteiger partial charge in [0.05, 0.1) is 19.3 Å². The fourth-order valence-corrected chi connectivity index (χ4v) is 2.44. The van der Waals surface area contributed by atoms with Crippen molar-refractivity contribution in [2.24, 2.45) is 0 Å². The second-order valence-corrected chi connectivity index (χ2v) is 4.95. The zero-order valence-electron chi connectivity index (χ0n) is 11.9. The molecule has 0 spiro atoms. The molecule has 21 heavy (non-hydrogen) atoms. The number of morpholine rings is 1. The summed E-state index contributed by atoms with van der Waals surface area (Å²) in [5, 5.41) is 0. The van der Waals surface area contributed by atoms with Crippen LogP contribution in [0.5, 0.6) is 0 Å². The van der Waals surface area contributed by atoms with Gasteiger partial charge in [-0.2, -0.15) is 0 Å². The van der Waals surface area contributed by atoms with Crippen LogP contribution in [0.4, 0.5) is 0 Å². The summed E-state index contributed by atoms with van der Waals surface area (Å²) in [5.41, 5.74) is 2.04. The van der Waals surface area contributed by atoms with Crippen LogP contribution in [0.2, 0.25) is 0 Å². The fraction of sp³-hybridized carbons (Fsp3) is 0.278. The first-order valence-electron chi connectivity index (χ1n) is 7.23. The number of nitrogens with zero attached hydrogens (tertiary/aromatic N) is 2. The third-order valence-corrected chi connectivity index (χ3v) is 3.53. The van der Waals surface area contributed by atoms with Gasteiger partial charge in [0.1, 0.15) is 5.69 Å². The number of ether oxygens (including phenoxy) is 1. The highest BCUT2D eigenvalue weighted by molar-refractivity contribution is 5.33. The largest absolute Gasteiger partial charge is 0.379 e. The van der Waals surface area contributed by atoms with Crippen LogP contribution in [0.15, 0.2) is 54.7 Å². The molecule has 3 rings (SSSR count). The van der Waals surface area contributed by atoms with Crippen molar-refractivity contribution in [2.75, 3.05) is 26.3 Å². The number of rotatable bonds is 2. The third kappa shape index (κ3) is 3.69. The van der Waals surface area contributed by atoms with Gasteiger partial charge in [-0.3, -0.25) is 4.90 Å². The Labute approximate surface area is 125 Å². The van der Waals surface area contributed by atoms with Crippen molar-refractivity contribution in [1.82, 2.24) is 9.88 Å². The maximum absolute atomic E-state index is 5.45. The van der Waals surface area contributed by atoms with Gasteiger partial charge in [0.2, 0.25) is 0 Å². The molecular weight excluding hydrogens is 260 g/mol. The summed E-state index contributed by atoms with van der Waals surface area (Å²) in [6.07, 6.45) is 1.77. The molecule has 1 aliphatic heterocycles. The van der Waals surface area contributed by atoms with E-state index < -0.39 is 0 Å². The minimum Gasteiger partial charge on any atom is -0.379 e. The summed E-state index contributed by atoms with van der Waals surface area (Å²) in [4.78, 5) is 6.64. The van der Waals surface area contributed by atoms with E-state index in [9.17, 15) is 0 Å². The predicted molar refractivity (Wildman–Crippen MR) is 82.7 cm³/mol. The van der Waals surface area contributed by atoms with Crippen LogP contribution in [0, 0.1) is 11.8 Å². The smallest absolute Gasteiger partial charge is 0.113 e. The van der Waals surface area contributed by atoms with Crippen molar-refractivity contribution in [3.05, 3.63) is 66.0 Å². The molecule has 1 fully saturated rings. The summed E-state index contributed by atoms with van der Waals surface area (Å²) in [5.74, 6) is 6.58. The Kier molecular flexibility index (Phi) is 4.62. The van der Waals surface area contributed by atoms with Crippen LogP contribution in [-0.2, 0) is 4.74 Å². The van der Waals surface area contributed by atoms with Gasteiger partial charge < -0.3 is 4.74 Å². The lowest BCUT2D eigenvalue weighted by Crippen LogP contribution is -2.38. The van der Waals surface area contributed by atoms with Crippen LogP contribution < -0.4 is 0 Å². The Morgan fingerprint density at radius 3 is 2.48 bits per heavy atom. The van der Waals surface area contributed by atoms with E-state index in [2.05, 4.69) is 46.0 Å². The molecule has 2 aromatic rings. The monoisotopic (exact) mass is 278 g/mol. The van der Waals surface area contributed by atoms with E-state index in [0.717, 1.165) is 32.0 Å². The van der Waals surface area contributed by atoms with Crippen molar-refractivity contribution >= 4 is 0 Å². The van der Waals surface area contributed by atoms with Gasteiger partial charge in [-0.25, -0.2) is 4.98 Å². The molecule has 106 valence electrons. The average Bonchev–Trinajstić information content (AvgIpc) is 2.58. The van der Waals surface area contributed by atoms with Gasteiger partial charge in [-0.05, 0) is 23.6 Å². The Morgan fingerprint density at radius 2 is 1.76 bits per heavy atom. The first-order valence-corrected chi connectivity index (χ1v) is 7.23. The SMILES string of the molecule is C(#CC(c1ccccc1)N1CCOCC1)c1ccccn1. The van der Waals surface area contributed by atoms with Crippen LogP contribution in [-0.4, -0.2) is 36.2 Å². The zero-order valence-corrected chi connectivity index (χ0v) is 11.9. The first-order chi connectivity index (χ1) is 10.4. The van der Waals surface area contributed by atoms with E-state index in [0.29, 0.717) is 0 Å². The second-order valence-electron chi connectivity index (χ2n) is 4.95. The molecule has 0 bridgehead atoms. The normalized spacial score (nSPS) is 16.8. The molecule has 1 atom stereocenters. The van der Waals surface area contributed by atoms with Crippen molar-refractivity contribution in [2.45, 2.75) is 6.04 Å². The molecule has 0 N–H and O–H groups in total. The molecule has 0 aliphatic carbocycles. The van der Waals surface area contributed by atoms with Gasteiger partial charge in [-0.15, -0.1) is 0 Å². The molecule has 1 aliphatic rings. The highest BCUT2D eigenvalue weighted by Crippen LogP contribution is 2.21. The Balaban J connectivity index is 1.87. The van der Waals surface area contributed by atoms with E-state index in [1.54, 1.807) is 6.20 Å². The average molecular weight is 278 g/mol. The summed E-state index contributed by atoms with van der Waals surface area (Å²) in [6.45, 7) is 3.37. The second kappa shape index (κ2) is 7.03. The standard InChI is InChI=1S/C18H18N2O/c1-2-6-16(7-3-1)18(20-12-14-21-15-13-20)10-9-17-8-4-5-11-19-17/h1-8,11,18H,12-15H2. The quantitative estimate of drug-likeness (QED) is 0.789. The maximum Gasteiger partial charge on any atom is 0.113 e. The summed E-state index contributed by atoms with van der Waals surface area (Å²) < 4.78 is 5.45. The van der Waals surface area contributed by atoms with E-state index in [1.807, 2.05) is 24.3 Å². The summed E-state index contributed by atoms with van der Waals surface area (Å²) >= 11 is 0. The molecule has 0 radical (unpaired) electrons. The summed E-state index contributed by atoms with van der Waals surface area (Å²) in [6, 6.07) is 16.3. The van der Waals surface area contributed by atoms with Gasteiger partial charge >= 0.3 is 0 Å². The van der Waals surface area contributed by atoms with Gasteiger partial charge in [0, 0.05) is 19.3 Å². The third-order valence-electron chi connectivity index (χ3n) is 3.53. The van der Waals surface area contributed by atoms with E-state index in [4.69, 9.17) is 4.74 Å². The first kappa shape index (κ1) is 13.8. The molecule has 0 amide bonds. The van der Waals surface area contributed by atoms with Gasteiger partial charge in [0.15, 0.2) is 0 Å². The molecular formula is C18H18N2O. The Bertz CT molecular complexity index is 610. The van der Waals surface area contributed by atoms with Crippen LogP contribution in [0.3, 0.4) is 0 Å². The topological polar surface area (TPSA) is 25.4 Å². The van der Waals surface area contributed by atoms with Gasteiger partial charge in [0.25, 0.3) is 0 Å². The maximum atomic E-state index is 5.45. The lowest BCUT2D eigenvalue weighted by Gasteiger charge is -2.31. The van der Waals surface area contributed by atoms with Crippen LogP contribution >= 0.6 is 0 Å². The highest BCUT2D eigenvalue weighted by atomic mass is 16.5. The molecule has 3 nitrogen and oxygen atoms in total. The molecule has 3 heteroatoms. The van der Waals surface area contributed by atoms with Crippen molar-refractivity contribution in [3.8, 4) is 11.8 Å². The van der Waals surface area contributed by atoms with Gasteiger partial charge in [-0.1, -0.05) is 42.3 Å². The molecule has 1 aromatic carbocycles. The minimum atomic E-state index is 0.0945. The number of hydrogen-bond acceptors (Lipinski definition) is 3. The minimum absolute atomic E-state index is 0.0945. The molecule has 1 aromatic heterocycles. The van der Waals surface area contributed by atoms with Crippen molar-refractivity contribution in [3.63, 3.8) is 0 Å². The zero-order chi connectivity index (χ0) is 14.3. The number of benzene rings is 1. The number of aromatic nitrogens is 1. The molecule has 0 saturated carbocycles. The lowest BCUT2D eigenvalue weighted by molar-refractivity contribution is 0.0270. The number of hydrogen-bond donors (Lipinski definition) is 0.